The molecule has 0 spiro atoms. The largest absolute Gasteiger partial charge is 0.385 e. The highest BCUT2D eigenvalue weighted by atomic mass is 16.3. The van der Waals surface area contributed by atoms with Gasteiger partial charge in [0, 0.05) is 0 Å². The van der Waals surface area contributed by atoms with E-state index in [9.17, 15) is 9.59 Å². The summed E-state index contributed by atoms with van der Waals surface area (Å²) in [4.78, 5) is 20.6. The van der Waals surface area contributed by atoms with E-state index in [1.54, 1.807) is 0 Å². The Labute approximate surface area is 97.7 Å². The van der Waals surface area contributed by atoms with Gasteiger partial charge in [-0.25, -0.2) is 0 Å². The van der Waals surface area contributed by atoms with Crippen LogP contribution in [0.2, 0.25) is 0 Å². The van der Waals surface area contributed by atoms with Crippen molar-refractivity contribution in [3.05, 3.63) is 0 Å². The van der Waals surface area contributed by atoms with Crippen molar-refractivity contribution in [3.63, 3.8) is 0 Å². The van der Waals surface area contributed by atoms with E-state index in [2.05, 4.69) is 0 Å². The summed E-state index contributed by atoms with van der Waals surface area (Å²) >= 11 is 0. The molecule has 0 aliphatic rings. The number of carbonyl (C=O) groups excluding carboxylic acids is 2. The van der Waals surface area contributed by atoms with Crippen LogP contribution in [0.1, 0.15) is 53.4 Å². The van der Waals surface area contributed by atoms with Gasteiger partial charge in [-0.05, 0) is 26.7 Å². The fourth-order valence-corrected chi connectivity index (χ4v) is 0.953. The van der Waals surface area contributed by atoms with Crippen LogP contribution in [0.5, 0.6) is 0 Å². The van der Waals surface area contributed by atoms with Crippen molar-refractivity contribution in [1.29, 1.82) is 0 Å². The SMILES string of the molecule is CCCC(O)C(C)=O.CCCC(O)C(C)=O. The van der Waals surface area contributed by atoms with E-state index in [0.29, 0.717) is 12.8 Å². The van der Waals surface area contributed by atoms with Gasteiger partial charge in [0.25, 0.3) is 0 Å². The third-order valence-electron chi connectivity index (χ3n) is 2.06. The van der Waals surface area contributed by atoms with Gasteiger partial charge in [-0.2, -0.15) is 0 Å². The lowest BCUT2D eigenvalue weighted by atomic mass is 10.1. The molecule has 2 unspecified atom stereocenters. The van der Waals surface area contributed by atoms with E-state index in [-0.39, 0.29) is 11.6 Å². The molecule has 0 saturated carbocycles. The molecule has 4 heteroatoms. The number of Topliss-reactive ketones (excluding diaryl/α,β-unsaturated/α-hetero) is 2. The smallest absolute Gasteiger partial charge is 0.158 e. The molecule has 0 aromatic carbocycles. The summed E-state index contributed by atoms with van der Waals surface area (Å²) in [5.41, 5.74) is 0. The highest BCUT2D eigenvalue weighted by Crippen LogP contribution is 1.96. The lowest BCUT2D eigenvalue weighted by Crippen LogP contribution is -2.15. The van der Waals surface area contributed by atoms with E-state index in [4.69, 9.17) is 10.2 Å². The molecule has 0 heterocycles. The molecule has 4 nitrogen and oxygen atoms in total. The van der Waals surface area contributed by atoms with Gasteiger partial charge >= 0.3 is 0 Å². The highest BCUT2D eigenvalue weighted by Gasteiger charge is 2.06. The van der Waals surface area contributed by atoms with Gasteiger partial charge in [-0.15, -0.1) is 0 Å². The maximum absolute atomic E-state index is 10.3. The molecule has 0 aromatic rings. The molecular formula is C12H24O4. The van der Waals surface area contributed by atoms with E-state index in [0.717, 1.165) is 12.8 Å². The van der Waals surface area contributed by atoms with Crippen LogP contribution in [0.15, 0.2) is 0 Å². The van der Waals surface area contributed by atoms with Gasteiger partial charge < -0.3 is 10.2 Å². The fraction of sp³-hybridized carbons (Fsp3) is 0.833. The maximum atomic E-state index is 10.3. The lowest BCUT2D eigenvalue weighted by molar-refractivity contribution is -0.125. The lowest BCUT2D eigenvalue weighted by Gasteiger charge is -2.01. The van der Waals surface area contributed by atoms with Crippen molar-refractivity contribution in [2.24, 2.45) is 0 Å². The van der Waals surface area contributed by atoms with Crippen LogP contribution in [-0.4, -0.2) is 34.0 Å². The first-order chi connectivity index (χ1) is 7.36. The molecule has 2 N–H and O–H groups in total. The molecule has 0 aliphatic heterocycles. The van der Waals surface area contributed by atoms with Crippen LogP contribution in [0.25, 0.3) is 0 Å². The van der Waals surface area contributed by atoms with E-state index in [1.807, 2.05) is 13.8 Å². The number of rotatable bonds is 6. The predicted octanol–water partition coefficient (Wildman–Crippen LogP) is 1.47. The Bertz CT molecular complexity index is 179. The van der Waals surface area contributed by atoms with Crippen LogP contribution in [0, 0.1) is 0 Å². The normalized spacial score (nSPS) is 13.4. The molecule has 0 aromatic heterocycles. The van der Waals surface area contributed by atoms with Crippen LogP contribution in [0.4, 0.5) is 0 Å². The molecule has 0 amide bonds. The second-order valence-corrected chi connectivity index (χ2v) is 3.83. The van der Waals surface area contributed by atoms with E-state index < -0.39 is 12.2 Å². The molecule has 0 rings (SSSR count). The number of hydrogen-bond acceptors (Lipinski definition) is 4. The maximum Gasteiger partial charge on any atom is 0.158 e. The zero-order chi connectivity index (χ0) is 13.1. The Morgan fingerprint density at radius 2 is 1.12 bits per heavy atom. The summed E-state index contributed by atoms with van der Waals surface area (Å²) in [5, 5.41) is 17.6. The predicted molar refractivity (Wildman–Crippen MR) is 63.2 cm³/mol. The first-order valence-electron chi connectivity index (χ1n) is 5.73. The molecule has 0 bridgehead atoms. The molecular weight excluding hydrogens is 208 g/mol. The fourth-order valence-electron chi connectivity index (χ4n) is 0.953. The summed E-state index contributed by atoms with van der Waals surface area (Å²) < 4.78 is 0. The second kappa shape index (κ2) is 10.8. The zero-order valence-electron chi connectivity index (χ0n) is 10.7. The van der Waals surface area contributed by atoms with Crippen molar-refractivity contribution in [1.82, 2.24) is 0 Å². The summed E-state index contributed by atoms with van der Waals surface area (Å²) in [5.74, 6) is -0.265. The second-order valence-electron chi connectivity index (χ2n) is 3.83. The van der Waals surface area contributed by atoms with E-state index >= 15 is 0 Å². The number of ketones is 2. The highest BCUT2D eigenvalue weighted by molar-refractivity contribution is 5.80. The van der Waals surface area contributed by atoms with Crippen molar-refractivity contribution in [2.45, 2.75) is 65.6 Å². The number of hydrogen-bond donors (Lipinski definition) is 2. The van der Waals surface area contributed by atoms with Crippen LogP contribution in [-0.2, 0) is 9.59 Å². The standard InChI is InChI=1S/2C6H12O2/c2*1-3-4-6(8)5(2)7/h2*6,8H,3-4H2,1-2H3. The molecule has 0 saturated heterocycles. The van der Waals surface area contributed by atoms with Gasteiger partial charge in [-0.1, -0.05) is 26.7 Å². The third kappa shape index (κ3) is 11.3. The van der Waals surface area contributed by atoms with Crippen LogP contribution >= 0.6 is 0 Å². The van der Waals surface area contributed by atoms with E-state index in [1.165, 1.54) is 13.8 Å². The first kappa shape index (κ1) is 17.6. The Morgan fingerprint density at radius 3 is 1.19 bits per heavy atom. The van der Waals surface area contributed by atoms with Gasteiger partial charge in [0.2, 0.25) is 0 Å². The number of aliphatic hydroxyl groups is 2. The molecule has 96 valence electrons. The molecule has 0 fully saturated rings. The summed E-state index contributed by atoms with van der Waals surface area (Å²) in [6.07, 6.45) is 1.46. The van der Waals surface area contributed by atoms with Crippen molar-refractivity contribution in [2.75, 3.05) is 0 Å². The number of carbonyl (C=O) groups is 2. The van der Waals surface area contributed by atoms with Crippen molar-refractivity contribution >= 4 is 11.6 Å². The minimum absolute atomic E-state index is 0.133. The Kier molecular flexibility index (Phi) is 11.9. The number of aliphatic hydroxyl groups excluding tert-OH is 2. The van der Waals surface area contributed by atoms with Gasteiger partial charge in [0.15, 0.2) is 11.6 Å². The Balaban J connectivity index is 0. The quantitative estimate of drug-likeness (QED) is 0.727. The van der Waals surface area contributed by atoms with Crippen molar-refractivity contribution < 1.29 is 19.8 Å². The van der Waals surface area contributed by atoms with Crippen LogP contribution in [0.3, 0.4) is 0 Å². The summed E-state index contributed by atoms with van der Waals surface area (Å²) in [7, 11) is 0. The van der Waals surface area contributed by atoms with Gasteiger partial charge in [0.1, 0.15) is 12.2 Å². The monoisotopic (exact) mass is 232 g/mol. The summed E-state index contributed by atoms with van der Waals surface area (Å²) in [6.45, 7) is 6.68. The van der Waals surface area contributed by atoms with Gasteiger partial charge in [0.05, 0.1) is 0 Å². The Morgan fingerprint density at radius 1 is 0.875 bits per heavy atom. The zero-order valence-corrected chi connectivity index (χ0v) is 10.7. The molecule has 2 atom stereocenters. The first-order valence-corrected chi connectivity index (χ1v) is 5.73. The van der Waals surface area contributed by atoms with Gasteiger partial charge in [-0.3, -0.25) is 9.59 Å². The topological polar surface area (TPSA) is 74.6 Å². The average molecular weight is 232 g/mol. The minimum atomic E-state index is -0.722. The molecule has 0 aliphatic carbocycles. The minimum Gasteiger partial charge on any atom is -0.385 e. The molecule has 0 radical (unpaired) electrons. The third-order valence-corrected chi connectivity index (χ3v) is 2.06. The Hall–Kier alpha value is -0.740. The molecule has 16 heavy (non-hydrogen) atoms. The summed E-state index contributed by atoms with van der Waals surface area (Å²) in [6, 6.07) is 0. The van der Waals surface area contributed by atoms with Crippen molar-refractivity contribution in [3.8, 4) is 0 Å². The average Bonchev–Trinajstić information content (AvgIpc) is 2.19. The van der Waals surface area contributed by atoms with Crippen LogP contribution < -0.4 is 0 Å².